The van der Waals surface area contributed by atoms with E-state index in [1.807, 2.05) is 19.1 Å². The molecule has 2 rings (SSSR count). The molecule has 0 saturated carbocycles. The van der Waals surface area contributed by atoms with Crippen molar-refractivity contribution in [2.45, 2.75) is 18.7 Å². The molecule has 1 heterocycles. The molecule has 0 unspecified atom stereocenters. The Bertz CT molecular complexity index is 697. The van der Waals surface area contributed by atoms with Gasteiger partial charge in [-0.05, 0) is 38.1 Å². The van der Waals surface area contributed by atoms with Gasteiger partial charge in [0.25, 0.3) is 10.0 Å². The average Bonchev–Trinajstić information content (AvgIpc) is 2.42. The van der Waals surface area contributed by atoms with Crippen LogP contribution in [0.5, 0.6) is 0 Å². The molecule has 2 N–H and O–H groups in total. The number of aromatic nitrogens is 1. The predicted molar refractivity (Wildman–Crippen MR) is 80.0 cm³/mol. The summed E-state index contributed by atoms with van der Waals surface area (Å²) in [5.41, 5.74) is 7.37. The highest BCUT2D eigenvalue weighted by Gasteiger charge is 2.25. The van der Waals surface area contributed by atoms with Crippen molar-refractivity contribution in [3.63, 3.8) is 0 Å². The van der Waals surface area contributed by atoms with Gasteiger partial charge in [-0.15, -0.1) is 0 Å². The van der Waals surface area contributed by atoms with Crippen molar-refractivity contribution in [2.24, 2.45) is 0 Å². The van der Waals surface area contributed by atoms with E-state index in [0.29, 0.717) is 12.2 Å². The Morgan fingerprint density at radius 2 is 1.85 bits per heavy atom. The third kappa shape index (κ3) is 2.60. The largest absolute Gasteiger partial charge is 0.383 e. The van der Waals surface area contributed by atoms with E-state index < -0.39 is 10.0 Å². The first-order chi connectivity index (χ1) is 9.46. The van der Waals surface area contributed by atoms with Gasteiger partial charge in [0.05, 0.1) is 5.69 Å². The molecular formula is C14H17N3O2S. The van der Waals surface area contributed by atoms with E-state index in [0.717, 1.165) is 5.56 Å². The second-order valence-corrected chi connectivity index (χ2v) is 6.22. The highest BCUT2D eigenvalue weighted by molar-refractivity contribution is 7.93. The van der Waals surface area contributed by atoms with Gasteiger partial charge in [-0.25, -0.2) is 13.4 Å². The molecule has 0 saturated heterocycles. The van der Waals surface area contributed by atoms with Gasteiger partial charge < -0.3 is 5.73 Å². The normalized spacial score (nSPS) is 11.3. The summed E-state index contributed by atoms with van der Waals surface area (Å²) in [6, 6.07) is 10.3. The van der Waals surface area contributed by atoms with Gasteiger partial charge in [-0.1, -0.05) is 17.7 Å². The van der Waals surface area contributed by atoms with Gasteiger partial charge >= 0.3 is 0 Å². The van der Waals surface area contributed by atoms with Crippen molar-refractivity contribution < 1.29 is 8.42 Å². The van der Waals surface area contributed by atoms with Crippen LogP contribution in [0.3, 0.4) is 0 Å². The standard InChI is InChI=1S/C14H17N3O2S/c1-3-17(12-8-6-11(2)7-9-12)20(18,19)13-5-4-10-16-14(13)15/h4-10H,3H2,1-2H3,(H2,15,16). The summed E-state index contributed by atoms with van der Waals surface area (Å²) in [5, 5.41) is 0. The summed E-state index contributed by atoms with van der Waals surface area (Å²) >= 11 is 0. The van der Waals surface area contributed by atoms with Gasteiger partial charge in [-0.3, -0.25) is 4.31 Å². The molecule has 0 spiro atoms. The van der Waals surface area contributed by atoms with Gasteiger partial charge in [0.2, 0.25) is 0 Å². The fourth-order valence-electron chi connectivity index (χ4n) is 1.94. The molecule has 0 amide bonds. The minimum Gasteiger partial charge on any atom is -0.383 e. The highest BCUT2D eigenvalue weighted by Crippen LogP contribution is 2.25. The third-order valence-electron chi connectivity index (χ3n) is 2.98. The predicted octanol–water partition coefficient (Wildman–Crippen LogP) is 2.19. The monoisotopic (exact) mass is 291 g/mol. The minimum atomic E-state index is -3.70. The molecule has 1 aromatic heterocycles. The molecular weight excluding hydrogens is 274 g/mol. The zero-order chi connectivity index (χ0) is 14.8. The van der Waals surface area contributed by atoms with Crippen LogP contribution in [-0.2, 0) is 10.0 Å². The Hall–Kier alpha value is -2.08. The molecule has 2 aromatic rings. The Morgan fingerprint density at radius 1 is 1.20 bits per heavy atom. The van der Waals surface area contributed by atoms with Crippen LogP contribution in [-0.4, -0.2) is 19.9 Å². The van der Waals surface area contributed by atoms with E-state index in [9.17, 15) is 8.42 Å². The maximum atomic E-state index is 12.7. The van der Waals surface area contributed by atoms with Crippen molar-refractivity contribution in [3.8, 4) is 0 Å². The van der Waals surface area contributed by atoms with Gasteiger partial charge in [0.15, 0.2) is 0 Å². The molecule has 106 valence electrons. The fourth-order valence-corrected chi connectivity index (χ4v) is 3.49. The van der Waals surface area contributed by atoms with Crippen LogP contribution in [0.25, 0.3) is 0 Å². The molecule has 0 aliphatic heterocycles. The Kier molecular flexibility index (Phi) is 3.94. The maximum Gasteiger partial charge on any atom is 0.267 e. The summed E-state index contributed by atoms with van der Waals surface area (Å²) in [5.74, 6) is 0.0121. The number of anilines is 2. The van der Waals surface area contributed by atoms with Crippen molar-refractivity contribution >= 4 is 21.5 Å². The first-order valence-electron chi connectivity index (χ1n) is 6.26. The first kappa shape index (κ1) is 14.3. The lowest BCUT2D eigenvalue weighted by Crippen LogP contribution is -2.31. The van der Waals surface area contributed by atoms with E-state index in [4.69, 9.17) is 5.73 Å². The molecule has 0 aliphatic carbocycles. The number of aryl methyl sites for hydroxylation is 1. The van der Waals surface area contributed by atoms with E-state index in [1.165, 1.54) is 16.6 Å². The number of sulfonamides is 1. The molecule has 1 aromatic carbocycles. The Morgan fingerprint density at radius 3 is 2.40 bits per heavy atom. The number of nitrogens with zero attached hydrogens (tertiary/aromatic N) is 2. The fraction of sp³-hybridized carbons (Fsp3) is 0.214. The quantitative estimate of drug-likeness (QED) is 0.936. The molecule has 5 nitrogen and oxygen atoms in total. The van der Waals surface area contributed by atoms with Crippen molar-refractivity contribution in [1.82, 2.24) is 4.98 Å². The average molecular weight is 291 g/mol. The van der Waals surface area contributed by atoms with E-state index in [-0.39, 0.29) is 10.7 Å². The van der Waals surface area contributed by atoms with Crippen LogP contribution in [0, 0.1) is 6.92 Å². The molecule has 0 fully saturated rings. The molecule has 20 heavy (non-hydrogen) atoms. The van der Waals surface area contributed by atoms with Crippen molar-refractivity contribution in [3.05, 3.63) is 48.2 Å². The lowest BCUT2D eigenvalue weighted by atomic mass is 10.2. The lowest BCUT2D eigenvalue weighted by Gasteiger charge is -2.23. The zero-order valence-corrected chi connectivity index (χ0v) is 12.3. The number of nitrogens with two attached hydrogens (primary N) is 1. The molecule has 6 heteroatoms. The molecule has 0 bridgehead atoms. The highest BCUT2D eigenvalue weighted by atomic mass is 32.2. The number of hydrogen-bond donors (Lipinski definition) is 1. The van der Waals surface area contributed by atoms with E-state index >= 15 is 0 Å². The summed E-state index contributed by atoms with van der Waals surface area (Å²) in [7, 11) is -3.70. The van der Waals surface area contributed by atoms with Crippen LogP contribution < -0.4 is 10.0 Å². The van der Waals surface area contributed by atoms with Crippen LogP contribution in [0.15, 0.2) is 47.5 Å². The Labute approximate surface area is 119 Å². The zero-order valence-electron chi connectivity index (χ0n) is 11.4. The van der Waals surface area contributed by atoms with Crippen LogP contribution >= 0.6 is 0 Å². The number of pyridine rings is 1. The van der Waals surface area contributed by atoms with Gasteiger partial charge in [0.1, 0.15) is 10.7 Å². The van der Waals surface area contributed by atoms with Gasteiger partial charge in [-0.2, -0.15) is 0 Å². The van der Waals surface area contributed by atoms with Crippen LogP contribution in [0.1, 0.15) is 12.5 Å². The van der Waals surface area contributed by atoms with Crippen molar-refractivity contribution in [1.29, 1.82) is 0 Å². The summed E-state index contributed by atoms with van der Waals surface area (Å²) in [6.45, 7) is 4.05. The third-order valence-corrected chi connectivity index (χ3v) is 4.93. The SMILES string of the molecule is CCN(c1ccc(C)cc1)S(=O)(=O)c1cccnc1N. The number of hydrogen-bond acceptors (Lipinski definition) is 4. The summed E-state index contributed by atoms with van der Waals surface area (Å²) in [6.07, 6.45) is 1.47. The van der Waals surface area contributed by atoms with Crippen molar-refractivity contribution in [2.75, 3.05) is 16.6 Å². The topological polar surface area (TPSA) is 76.3 Å². The summed E-state index contributed by atoms with van der Waals surface area (Å²) < 4.78 is 26.7. The van der Waals surface area contributed by atoms with E-state index in [2.05, 4.69) is 4.98 Å². The molecule has 0 radical (unpaired) electrons. The number of nitrogen functional groups attached to an aromatic ring is 1. The number of rotatable bonds is 4. The lowest BCUT2D eigenvalue weighted by molar-refractivity contribution is 0.592. The van der Waals surface area contributed by atoms with Crippen LogP contribution in [0.4, 0.5) is 11.5 Å². The first-order valence-corrected chi connectivity index (χ1v) is 7.70. The molecule has 0 atom stereocenters. The van der Waals surface area contributed by atoms with Gasteiger partial charge in [0, 0.05) is 12.7 Å². The van der Waals surface area contributed by atoms with E-state index in [1.54, 1.807) is 25.1 Å². The molecule has 0 aliphatic rings. The second-order valence-electron chi connectivity index (χ2n) is 4.39. The second kappa shape index (κ2) is 5.50. The Balaban J connectivity index is 2.51. The number of benzene rings is 1. The smallest absolute Gasteiger partial charge is 0.267 e. The summed E-state index contributed by atoms with van der Waals surface area (Å²) in [4.78, 5) is 3.87. The minimum absolute atomic E-state index is 0.0121. The van der Waals surface area contributed by atoms with Crippen LogP contribution in [0.2, 0.25) is 0 Å². The maximum absolute atomic E-state index is 12.7.